The zero-order chi connectivity index (χ0) is 20.0. The molecule has 0 unspecified atom stereocenters. The number of hydrogen-bond donors (Lipinski definition) is 2. The minimum Gasteiger partial charge on any atom is -0.486 e. The van der Waals surface area contributed by atoms with Crippen LogP contribution in [-0.2, 0) is 16.8 Å². The SMILES string of the molecule is CC(C)(C(=O)NNC(=O)c1ccc(COc2ccccc2)o1)c1ccccc1. The molecule has 3 aromatic rings. The standard InChI is InChI=1S/C22H22N2O4/c1-22(2,16-9-5-3-6-10-16)21(26)24-23-20(25)19-14-13-18(28-19)15-27-17-11-7-4-8-12-17/h3-14H,15H2,1-2H3,(H,23,25)(H,24,26). The van der Waals surface area contributed by atoms with E-state index >= 15 is 0 Å². The first-order valence-corrected chi connectivity index (χ1v) is 8.89. The van der Waals surface area contributed by atoms with Gasteiger partial charge in [-0.05, 0) is 43.7 Å². The fourth-order valence-electron chi connectivity index (χ4n) is 2.57. The Labute approximate surface area is 163 Å². The van der Waals surface area contributed by atoms with Crippen molar-refractivity contribution >= 4 is 11.8 Å². The minimum atomic E-state index is -0.799. The Kier molecular flexibility index (Phi) is 5.79. The van der Waals surface area contributed by atoms with Crippen molar-refractivity contribution < 1.29 is 18.7 Å². The van der Waals surface area contributed by atoms with E-state index in [0.717, 1.165) is 5.56 Å². The van der Waals surface area contributed by atoms with Gasteiger partial charge < -0.3 is 9.15 Å². The molecular formula is C22H22N2O4. The van der Waals surface area contributed by atoms with Gasteiger partial charge in [0.25, 0.3) is 0 Å². The Morgan fingerprint density at radius 3 is 2.21 bits per heavy atom. The Hall–Kier alpha value is -3.54. The smallest absolute Gasteiger partial charge is 0.305 e. The maximum absolute atomic E-state index is 12.5. The van der Waals surface area contributed by atoms with Gasteiger partial charge in [-0.1, -0.05) is 48.5 Å². The predicted octanol–water partition coefficient (Wildman–Crippen LogP) is 3.60. The van der Waals surface area contributed by atoms with E-state index in [1.807, 2.05) is 60.7 Å². The van der Waals surface area contributed by atoms with Crippen LogP contribution in [0.4, 0.5) is 0 Å². The molecule has 0 aliphatic carbocycles. The number of carbonyl (C=O) groups excluding carboxylic acids is 2. The third kappa shape index (κ3) is 4.59. The molecule has 6 heteroatoms. The Morgan fingerprint density at radius 2 is 1.54 bits per heavy atom. The van der Waals surface area contributed by atoms with Crippen molar-refractivity contribution in [1.82, 2.24) is 10.9 Å². The Bertz CT molecular complexity index is 933. The molecule has 0 spiro atoms. The average Bonchev–Trinajstić information content (AvgIpc) is 3.21. The normalized spacial score (nSPS) is 10.9. The van der Waals surface area contributed by atoms with Crippen LogP contribution in [0.1, 0.15) is 35.7 Å². The summed E-state index contributed by atoms with van der Waals surface area (Å²) in [7, 11) is 0. The highest BCUT2D eigenvalue weighted by molar-refractivity contribution is 5.94. The van der Waals surface area contributed by atoms with Crippen molar-refractivity contribution in [3.63, 3.8) is 0 Å². The van der Waals surface area contributed by atoms with E-state index in [1.165, 1.54) is 6.07 Å². The van der Waals surface area contributed by atoms with Gasteiger partial charge in [0.05, 0.1) is 5.41 Å². The zero-order valence-electron chi connectivity index (χ0n) is 15.8. The van der Waals surface area contributed by atoms with Gasteiger partial charge in [-0.25, -0.2) is 0 Å². The van der Waals surface area contributed by atoms with Gasteiger partial charge in [-0.15, -0.1) is 0 Å². The molecule has 6 nitrogen and oxygen atoms in total. The fraction of sp³-hybridized carbons (Fsp3) is 0.182. The van der Waals surface area contributed by atoms with Crippen molar-refractivity contribution in [2.24, 2.45) is 0 Å². The summed E-state index contributed by atoms with van der Waals surface area (Å²) < 4.78 is 11.1. The van der Waals surface area contributed by atoms with Crippen LogP contribution in [-0.4, -0.2) is 11.8 Å². The van der Waals surface area contributed by atoms with Crippen molar-refractivity contribution in [1.29, 1.82) is 0 Å². The first-order chi connectivity index (χ1) is 13.5. The van der Waals surface area contributed by atoms with Crippen LogP contribution in [0.2, 0.25) is 0 Å². The number of furan rings is 1. The van der Waals surface area contributed by atoms with Crippen LogP contribution in [0, 0.1) is 0 Å². The summed E-state index contributed by atoms with van der Waals surface area (Å²) in [4.78, 5) is 24.7. The van der Waals surface area contributed by atoms with Crippen LogP contribution >= 0.6 is 0 Å². The van der Waals surface area contributed by atoms with Crippen LogP contribution in [0.3, 0.4) is 0 Å². The topological polar surface area (TPSA) is 80.6 Å². The molecule has 0 bridgehead atoms. The largest absolute Gasteiger partial charge is 0.486 e. The molecule has 0 aliphatic rings. The third-order valence-electron chi connectivity index (χ3n) is 4.36. The molecule has 1 aromatic heterocycles. The highest BCUT2D eigenvalue weighted by Crippen LogP contribution is 2.22. The third-order valence-corrected chi connectivity index (χ3v) is 4.36. The van der Waals surface area contributed by atoms with Crippen LogP contribution in [0.15, 0.2) is 77.2 Å². The van der Waals surface area contributed by atoms with Gasteiger partial charge in [0.15, 0.2) is 5.76 Å². The van der Waals surface area contributed by atoms with Gasteiger partial charge in [0.1, 0.15) is 18.1 Å². The number of hydrazine groups is 1. The van der Waals surface area contributed by atoms with E-state index in [4.69, 9.17) is 9.15 Å². The molecule has 2 N–H and O–H groups in total. The number of benzene rings is 2. The maximum atomic E-state index is 12.5. The van der Waals surface area contributed by atoms with E-state index in [0.29, 0.717) is 11.5 Å². The average molecular weight is 378 g/mol. The summed E-state index contributed by atoms with van der Waals surface area (Å²) >= 11 is 0. The van der Waals surface area contributed by atoms with Crippen LogP contribution in [0.5, 0.6) is 5.75 Å². The second-order valence-corrected chi connectivity index (χ2v) is 6.77. The number of ether oxygens (including phenoxy) is 1. The molecular weight excluding hydrogens is 356 g/mol. The van der Waals surface area contributed by atoms with Crippen LogP contribution < -0.4 is 15.6 Å². The second-order valence-electron chi connectivity index (χ2n) is 6.77. The van der Waals surface area contributed by atoms with Crippen LogP contribution in [0.25, 0.3) is 0 Å². The molecule has 0 saturated heterocycles. The minimum absolute atomic E-state index is 0.0875. The summed E-state index contributed by atoms with van der Waals surface area (Å²) in [5.74, 6) is 0.434. The van der Waals surface area contributed by atoms with Crippen molar-refractivity contribution in [2.75, 3.05) is 0 Å². The molecule has 3 rings (SSSR count). The van der Waals surface area contributed by atoms with E-state index < -0.39 is 11.3 Å². The van der Waals surface area contributed by atoms with E-state index in [-0.39, 0.29) is 18.3 Å². The number of nitrogens with one attached hydrogen (secondary N) is 2. The fourth-order valence-corrected chi connectivity index (χ4v) is 2.57. The lowest BCUT2D eigenvalue weighted by molar-refractivity contribution is -0.126. The highest BCUT2D eigenvalue weighted by atomic mass is 16.5. The maximum Gasteiger partial charge on any atom is 0.305 e. The summed E-state index contributed by atoms with van der Waals surface area (Å²) in [5, 5.41) is 0. The number of carbonyl (C=O) groups is 2. The molecule has 2 aromatic carbocycles. The zero-order valence-corrected chi connectivity index (χ0v) is 15.8. The molecule has 2 amide bonds. The predicted molar refractivity (Wildman–Crippen MR) is 105 cm³/mol. The van der Waals surface area contributed by atoms with Gasteiger partial charge in [-0.2, -0.15) is 0 Å². The lowest BCUT2D eigenvalue weighted by atomic mass is 9.84. The van der Waals surface area contributed by atoms with E-state index in [1.54, 1.807) is 19.9 Å². The number of rotatable bonds is 6. The van der Waals surface area contributed by atoms with Gasteiger partial charge in [0.2, 0.25) is 5.91 Å². The molecule has 0 fully saturated rings. The molecule has 0 atom stereocenters. The number of para-hydroxylation sites is 1. The second kappa shape index (κ2) is 8.43. The lowest BCUT2D eigenvalue weighted by Crippen LogP contribution is -2.49. The molecule has 0 radical (unpaired) electrons. The molecule has 0 aliphatic heterocycles. The van der Waals surface area contributed by atoms with Gasteiger partial charge in [0, 0.05) is 0 Å². The Morgan fingerprint density at radius 1 is 0.893 bits per heavy atom. The number of amides is 2. The molecule has 1 heterocycles. The van der Waals surface area contributed by atoms with Gasteiger partial charge >= 0.3 is 5.91 Å². The summed E-state index contributed by atoms with van der Waals surface area (Å²) in [6, 6.07) is 21.9. The highest BCUT2D eigenvalue weighted by Gasteiger charge is 2.30. The van der Waals surface area contributed by atoms with Crippen molar-refractivity contribution in [3.8, 4) is 5.75 Å². The van der Waals surface area contributed by atoms with E-state index in [2.05, 4.69) is 10.9 Å². The molecule has 144 valence electrons. The summed E-state index contributed by atoms with van der Waals surface area (Å²) in [5.41, 5.74) is 4.89. The monoisotopic (exact) mass is 378 g/mol. The summed E-state index contributed by atoms with van der Waals surface area (Å²) in [6.45, 7) is 3.77. The van der Waals surface area contributed by atoms with Crippen molar-refractivity contribution in [3.05, 3.63) is 89.9 Å². The first-order valence-electron chi connectivity index (χ1n) is 8.89. The Balaban J connectivity index is 1.54. The lowest BCUT2D eigenvalue weighted by Gasteiger charge is -2.24. The van der Waals surface area contributed by atoms with Crippen molar-refractivity contribution in [2.45, 2.75) is 25.9 Å². The summed E-state index contributed by atoms with van der Waals surface area (Å²) in [6.07, 6.45) is 0. The quantitative estimate of drug-likeness (QED) is 0.642. The molecule has 28 heavy (non-hydrogen) atoms. The molecule has 0 saturated carbocycles. The van der Waals surface area contributed by atoms with E-state index in [9.17, 15) is 9.59 Å². The first kappa shape index (κ1) is 19.2. The number of hydrogen-bond acceptors (Lipinski definition) is 4. The van der Waals surface area contributed by atoms with Gasteiger partial charge in [-0.3, -0.25) is 20.4 Å².